The number of nitrogens with two attached hydrogens (primary N) is 1. The number of nitrogens with one attached hydrogen (secondary N) is 1. The number of hydrogen-bond donors (Lipinski definition) is 3. The molecular weight excluding hydrogens is 198 g/mol. The minimum absolute atomic E-state index is 0.0696. The zero-order valence-electron chi connectivity index (χ0n) is 8.73. The highest BCUT2D eigenvalue weighted by Crippen LogP contribution is 2.24. The highest BCUT2D eigenvalue weighted by molar-refractivity contribution is 5.31. The van der Waals surface area contributed by atoms with E-state index in [4.69, 9.17) is 5.73 Å². The highest BCUT2D eigenvalue weighted by Gasteiger charge is 2.30. The molecule has 15 heavy (non-hydrogen) atoms. The molecule has 0 amide bonds. The monoisotopic (exact) mass is 213 g/mol. The summed E-state index contributed by atoms with van der Waals surface area (Å²) in [5.74, 6) is 0. The molecule has 2 atom stereocenters. The van der Waals surface area contributed by atoms with Crippen LogP contribution in [0.15, 0.2) is 23.5 Å². The molecule has 0 unspecified atom stereocenters. The summed E-state index contributed by atoms with van der Waals surface area (Å²) in [4.78, 5) is 10.0. The van der Waals surface area contributed by atoms with Gasteiger partial charge in [0.1, 0.15) is 11.9 Å². The van der Waals surface area contributed by atoms with Crippen LogP contribution in [0.25, 0.3) is 0 Å². The molecule has 0 fully saturated rings. The van der Waals surface area contributed by atoms with Gasteiger partial charge in [-0.3, -0.25) is 15.4 Å². The van der Waals surface area contributed by atoms with Crippen molar-refractivity contribution in [3.8, 4) is 0 Å². The Bertz CT molecular complexity index is 335. The molecule has 84 valence electrons. The Labute approximate surface area is 87.6 Å². The average Bonchev–Trinajstić information content (AvgIpc) is 1.99. The van der Waals surface area contributed by atoms with E-state index in [1.807, 2.05) is 6.92 Å². The summed E-state index contributed by atoms with van der Waals surface area (Å²) >= 11 is 0. The predicted molar refractivity (Wildman–Crippen MR) is 55.2 cm³/mol. The van der Waals surface area contributed by atoms with Crippen LogP contribution < -0.4 is 11.1 Å². The first kappa shape index (κ1) is 11.7. The zero-order valence-corrected chi connectivity index (χ0v) is 8.73. The van der Waals surface area contributed by atoms with Gasteiger partial charge in [-0.05, 0) is 32.4 Å². The smallest absolute Gasteiger partial charge is 0.287 e. The van der Waals surface area contributed by atoms with E-state index in [1.54, 1.807) is 13.0 Å². The first-order valence-corrected chi connectivity index (χ1v) is 4.63. The second-order valence-corrected chi connectivity index (χ2v) is 3.89. The summed E-state index contributed by atoms with van der Waals surface area (Å²) in [7, 11) is 0. The van der Waals surface area contributed by atoms with Crippen molar-refractivity contribution in [3.63, 3.8) is 0 Å². The molecule has 0 bridgehead atoms. The summed E-state index contributed by atoms with van der Waals surface area (Å²) < 4.78 is 0. The summed E-state index contributed by atoms with van der Waals surface area (Å²) in [6.07, 6.45) is 2.77. The maximum atomic E-state index is 10.5. The van der Waals surface area contributed by atoms with Crippen LogP contribution in [-0.2, 0) is 0 Å². The first-order valence-electron chi connectivity index (χ1n) is 4.63. The van der Waals surface area contributed by atoms with E-state index in [-0.39, 0.29) is 11.4 Å². The number of aliphatic hydroxyl groups excluding tert-OH is 1. The fourth-order valence-electron chi connectivity index (χ4n) is 1.66. The van der Waals surface area contributed by atoms with Gasteiger partial charge in [0.05, 0.1) is 4.92 Å². The number of hydrogen-bond acceptors (Lipinski definition) is 5. The van der Waals surface area contributed by atoms with Crippen LogP contribution in [0.3, 0.4) is 0 Å². The Kier molecular flexibility index (Phi) is 3.11. The van der Waals surface area contributed by atoms with Gasteiger partial charge in [0.25, 0.3) is 5.70 Å². The molecular formula is C9H15N3O3. The van der Waals surface area contributed by atoms with Gasteiger partial charge >= 0.3 is 0 Å². The zero-order chi connectivity index (χ0) is 11.6. The number of nitro groups is 1. The molecule has 1 rings (SSSR count). The highest BCUT2D eigenvalue weighted by atomic mass is 16.6. The maximum absolute atomic E-state index is 10.5. The van der Waals surface area contributed by atoms with Gasteiger partial charge in [-0.2, -0.15) is 0 Å². The van der Waals surface area contributed by atoms with E-state index in [9.17, 15) is 15.2 Å². The van der Waals surface area contributed by atoms with Crippen LogP contribution in [0.5, 0.6) is 0 Å². The molecule has 0 heterocycles. The van der Waals surface area contributed by atoms with E-state index in [0.717, 1.165) is 0 Å². The molecule has 0 aliphatic heterocycles. The number of aliphatic hydroxyl groups is 1. The summed E-state index contributed by atoms with van der Waals surface area (Å²) in [6, 6.07) is 0. The predicted octanol–water partition coefficient (Wildman–Crippen LogP) is 0.0799. The molecule has 0 aromatic heterocycles. The van der Waals surface area contributed by atoms with Gasteiger partial charge in [0.15, 0.2) is 0 Å². The van der Waals surface area contributed by atoms with Crippen LogP contribution in [0.4, 0.5) is 0 Å². The SMILES string of the molecule is C[C@@H](O)N[C@@]1(C)C=C(N)C([N+](=O)[O-])=CC1. The second-order valence-electron chi connectivity index (χ2n) is 3.89. The molecule has 0 radical (unpaired) electrons. The summed E-state index contributed by atoms with van der Waals surface area (Å²) in [5, 5.41) is 22.6. The summed E-state index contributed by atoms with van der Waals surface area (Å²) in [6.45, 7) is 3.40. The largest absolute Gasteiger partial charge is 0.393 e. The van der Waals surface area contributed by atoms with E-state index >= 15 is 0 Å². The lowest BCUT2D eigenvalue weighted by Crippen LogP contribution is -2.47. The molecule has 0 aromatic rings. The van der Waals surface area contributed by atoms with Crippen molar-refractivity contribution in [3.05, 3.63) is 33.7 Å². The van der Waals surface area contributed by atoms with E-state index < -0.39 is 16.7 Å². The Hall–Kier alpha value is -1.40. The second kappa shape index (κ2) is 4.00. The standard InChI is InChI=1S/C9H15N3O3/c1-6(13)11-9(2)4-3-8(12(14)15)7(10)5-9/h3,5-6,11,13H,4,10H2,1-2H3/t6-,9-/m1/s1. The maximum Gasteiger partial charge on any atom is 0.287 e. The average molecular weight is 213 g/mol. The quantitative estimate of drug-likeness (QED) is 0.350. The van der Waals surface area contributed by atoms with Crippen molar-refractivity contribution < 1.29 is 10.0 Å². The molecule has 0 saturated heterocycles. The minimum atomic E-state index is -0.690. The van der Waals surface area contributed by atoms with E-state index in [0.29, 0.717) is 6.42 Å². The third-order valence-electron chi connectivity index (χ3n) is 2.22. The number of rotatable bonds is 3. The molecule has 0 spiro atoms. The topological polar surface area (TPSA) is 101 Å². The van der Waals surface area contributed by atoms with Crippen molar-refractivity contribution in [1.82, 2.24) is 5.32 Å². The lowest BCUT2D eigenvalue weighted by molar-refractivity contribution is -0.421. The normalized spacial score (nSPS) is 27.9. The third-order valence-corrected chi connectivity index (χ3v) is 2.22. The third kappa shape index (κ3) is 2.77. The number of nitrogens with zero attached hydrogens (tertiary/aromatic N) is 1. The molecule has 0 saturated carbocycles. The lowest BCUT2D eigenvalue weighted by atomic mass is 9.91. The molecule has 4 N–H and O–H groups in total. The van der Waals surface area contributed by atoms with Crippen molar-refractivity contribution in [2.45, 2.75) is 32.0 Å². The molecule has 6 nitrogen and oxygen atoms in total. The fourth-order valence-corrected chi connectivity index (χ4v) is 1.66. The Morgan fingerprint density at radius 2 is 2.40 bits per heavy atom. The minimum Gasteiger partial charge on any atom is -0.393 e. The molecule has 1 aliphatic rings. The van der Waals surface area contributed by atoms with Gasteiger partial charge in [-0.15, -0.1) is 0 Å². The Balaban J connectivity index is 2.85. The van der Waals surface area contributed by atoms with Crippen LogP contribution in [0, 0.1) is 10.1 Å². The fraction of sp³-hybridized carbons (Fsp3) is 0.556. The van der Waals surface area contributed by atoms with Crippen LogP contribution >= 0.6 is 0 Å². The van der Waals surface area contributed by atoms with E-state index in [1.165, 1.54) is 6.08 Å². The molecule has 6 heteroatoms. The van der Waals surface area contributed by atoms with Crippen molar-refractivity contribution in [2.24, 2.45) is 5.73 Å². The van der Waals surface area contributed by atoms with Crippen molar-refractivity contribution in [1.29, 1.82) is 0 Å². The van der Waals surface area contributed by atoms with Gasteiger partial charge in [0.2, 0.25) is 0 Å². The van der Waals surface area contributed by atoms with Gasteiger partial charge < -0.3 is 10.8 Å². The molecule has 0 aromatic carbocycles. The summed E-state index contributed by atoms with van der Waals surface area (Å²) in [5.41, 5.74) is 5.09. The van der Waals surface area contributed by atoms with Crippen molar-refractivity contribution in [2.75, 3.05) is 0 Å². The first-order chi connectivity index (χ1) is 6.84. The Morgan fingerprint density at radius 3 is 2.80 bits per heavy atom. The van der Waals surface area contributed by atoms with Crippen LogP contribution in [0.1, 0.15) is 20.3 Å². The van der Waals surface area contributed by atoms with Gasteiger partial charge in [0, 0.05) is 5.54 Å². The van der Waals surface area contributed by atoms with Crippen LogP contribution in [0.2, 0.25) is 0 Å². The molecule has 1 aliphatic carbocycles. The van der Waals surface area contributed by atoms with E-state index in [2.05, 4.69) is 5.32 Å². The van der Waals surface area contributed by atoms with Crippen LogP contribution in [-0.4, -0.2) is 21.8 Å². The Morgan fingerprint density at radius 1 is 1.80 bits per heavy atom. The lowest BCUT2D eigenvalue weighted by Gasteiger charge is -2.30. The van der Waals surface area contributed by atoms with Gasteiger partial charge in [-0.1, -0.05) is 0 Å². The van der Waals surface area contributed by atoms with Gasteiger partial charge in [-0.25, -0.2) is 0 Å². The van der Waals surface area contributed by atoms with Crippen molar-refractivity contribution >= 4 is 0 Å².